The summed E-state index contributed by atoms with van der Waals surface area (Å²) in [6, 6.07) is 12.6. The maximum Gasteiger partial charge on any atom is 0.294 e. The van der Waals surface area contributed by atoms with Gasteiger partial charge in [0.2, 0.25) is 5.91 Å². The molecule has 1 amide bonds. The van der Waals surface area contributed by atoms with E-state index in [4.69, 9.17) is 11.6 Å². The van der Waals surface area contributed by atoms with Crippen LogP contribution in [-0.2, 0) is 4.79 Å². The molecule has 0 unspecified atom stereocenters. The van der Waals surface area contributed by atoms with Crippen LogP contribution in [0.1, 0.15) is 6.92 Å². The number of halogens is 1. The van der Waals surface area contributed by atoms with Crippen LogP contribution in [0.2, 0.25) is 5.02 Å². The van der Waals surface area contributed by atoms with E-state index in [0.29, 0.717) is 55.1 Å². The first-order valence-corrected chi connectivity index (χ1v) is 11.2. The van der Waals surface area contributed by atoms with Crippen molar-refractivity contribution in [3.05, 3.63) is 57.6 Å². The Bertz CT molecular complexity index is 1080. The first-order valence-electron chi connectivity index (χ1n) is 10.0. The zero-order valence-corrected chi connectivity index (χ0v) is 18.6. The molecular formula is C21H22ClN5O3S. The molecule has 2 aromatic carbocycles. The van der Waals surface area contributed by atoms with Crippen LogP contribution in [0.25, 0.3) is 10.2 Å². The van der Waals surface area contributed by atoms with Crippen molar-refractivity contribution in [3.63, 3.8) is 0 Å². The summed E-state index contributed by atoms with van der Waals surface area (Å²) in [4.78, 5) is 34.3. The predicted molar refractivity (Wildman–Crippen MR) is 124 cm³/mol. The number of hydrogen-bond donors (Lipinski definition) is 0. The van der Waals surface area contributed by atoms with Gasteiger partial charge in [-0.1, -0.05) is 35.1 Å². The van der Waals surface area contributed by atoms with Crippen LogP contribution >= 0.6 is 22.9 Å². The maximum atomic E-state index is 13.0. The molecule has 3 aromatic rings. The molecule has 4 rings (SSSR count). The van der Waals surface area contributed by atoms with E-state index in [1.54, 1.807) is 17.0 Å². The van der Waals surface area contributed by atoms with E-state index in [9.17, 15) is 14.9 Å². The maximum absolute atomic E-state index is 13.0. The number of nitro benzene ring substituents is 1. The molecule has 2 heterocycles. The van der Waals surface area contributed by atoms with Crippen LogP contribution in [0.5, 0.6) is 0 Å². The second-order valence-electron chi connectivity index (χ2n) is 7.26. The minimum atomic E-state index is -0.408. The SMILES string of the molecule is CCN(C(=O)CN1CCN(c2ccc(Cl)cc2[N+](=O)[O-])CC1)c1nc2ccccc2s1. The van der Waals surface area contributed by atoms with Crippen LogP contribution in [-0.4, -0.2) is 60.0 Å². The summed E-state index contributed by atoms with van der Waals surface area (Å²) >= 11 is 7.44. The Kier molecular flexibility index (Phi) is 6.35. The molecule has 0 aliphatic carbocycles. The van der Waals surface area contributed by atoms with Crippen LogP contribution < -0.4 is 9.80 Å². The lowest BCUT2D eigenvalue weighted by atomic mass is 10.2. The molecule has 1 aliphatic rings. The quantitative estimate of drug-likeness (QED) is 0.408. The van der Waals surface area contributed by atoms with Crippen molar-refractivity contribution in [2.24, 2.45) is 0 Å². The predicted octanol–water partition coefficient (Wildman–Crippen LogP) is 4.03. The van der Waals surface area contributed by atoms with Gasteiger partial charge >= 0.3 is 0 Å². The number of rotatable bonds is 6. The number of anilines is 2. The summed E-state index contributed by atoms with van der Waals surface area (Å²) in [7, 11) is 0. The molecule has 1 saturated heterocycles. The third kappa shape index (κ3) is 4.63. The standard InChI is InChI=1S/C21H22ClN5O3S/c1-2-26(21-23-16-5-3-4-6-19(16)31-21)20(28)14-24-9-11-25(12-10-24)17-8-7-15(22)13-18(17)27(29)30/h3-8,13H,2,9-12,14H2,1H3. The Hall–Kier alpha value is -2.75. The number of likely N-dealkylation sites (N-methyl/N-ethyl adjacent to an activating group) is 1. The fourth-order valence-electron chi connectivity index (χ4n) is 3.73. The van der Waals surface area contributed by atoms with Crippen molar-refractivity contribution in [2.45, 2.75) is 6.92 Å². The van der Waals surface area contributed by atoms with Crippen LogP contribution in [0.15, 0.2) is 42.5 Å². The number of amides is 1. The van der Waals surface area contributed by atoms with Crippen molar-refractivity contribution in [1.82, 2.24) is 9.88 Å². The second-order valence-corrected chi connectivity index (χ2v) is 8.70. The van der Waals surface area contributed by atoms with E-state index < -0.39 is 4.92 Å². The number of aromatic nitrogens is 1. The van der Waals surface area contributed by atoms with E-state index in [1.165, 1.54) is 17.4 Å². The molecule has 1 aromatic heterocycles. The normalized spacial score (nSPS) is 14.7. The summed E-state index contributed by atoms with van der Waals surface area (Å²) < 4.78 is 1.06. The third-order valence-electron chi connectivity index (χ3n) is 5.34. The van der Waals surface area contributed by atoms with Gasteiger partial charge in [-0.3, -0.25) is 24.7 Å². The molecule has 0 radical (unpaired) electrons. The number of para-hydroxylation sites is 1. The van der Waals surface area contributed by atoms with E-state index >= 15 is 0 Å². The Labute approximate surface area is 188 Å². The van der Waals surface area contributed by atoms with E-state index in [0.717, 1.165) is 10.2 Å². The minimum Gasteiger partial charge on any atom is -0.363 e. The highest BCUT2D eigenvalue weighted by Crippen LogP contribution is 2.32. The van der Waals surface area contributed by atoms with Gasteiger partial charge in [0.05, 0.1) is 21.7 Å². The Morgan fingerprint density at radius 3 is 2.65 bits per heavy atom. The molecule has 8 nitrogen and oxygen atoms in total. The van der Waals surface area contributed by atoms with Crippen molar-refractivity contribution in [1.29, 1.82) is 0 Å². The van der Waals surface area contributed by atoms with Gasteiger partial charge in [0, 0.05) is 43.8 Å². The average molecular weight is 460 g/mol. The number of carbonyl (C=O) groups is 1. The van der Waals surface area contributed by atoms with Crippen molar-refractivity contribution >= 4 is 55.6 Å². The summed E-state index contributed by atoms with van der Waals surface area (Å²) in [5.74, 6) is 0.00693. The van der Waals surface area contributed by atoms with Crippen LogP contribution in [0.4, 0.5) is 16.5 Å². The lowest BCUT2D eigenvalue weighted by Gasteiger charge is -2.36. The highest BCUT2D eigenvalue weighted by atomic mass is 35.5. The molecule has 0 saturated carbocycles. The monoisotopic (exact) mass is 459 g/mol. The number of carbonyl (C=O) groups excluding carboxylic acids is 1. The molecular weight excluding hydrogens is 438 g/mol. The molecule has 0 bridgehead atoms. The lowest BCUT2D eigenvalue weighted by molar-refractivity contribution is -0.384. The van der Waals surface area contributed by atoms with Gasteiger partial charge in [-0.05, 0) is 31.2 Å². The molecule has 0 N–H and O–H groups in total. The molecule has 10 heteroatoms. The van der Waals surface area contributed by atoms with E-state index in [1.807, 2.05) is 36.1 Å². The summed E-state index contributed by atoms with van der Waals surface area (Å²) in [6.45, 7) is 5.27. The van der Waals surface area contributed by atoms with Gasteiger partial charge in [0.25, 0.3) is 5.69 Å². The first-order chi connectivity index (χ1) is 15.0. The zero-order chi connectivity index (χ0) is 22.0. The van der Waals surface area contributed by atoms with Crippen LogP contribution in [0, 0.1) is 10.1 Å². The Balaban J connectivity index is 1.40. The average Bonchev–Trinajstić information content (AvgIpc) is 3.18. The Morgan fingerprint density at radius 1 is 1.23 bits per heavy atom. The van der Waals surface area contributed by atoms with Crippen LogP contribution in [0.3, 0.4) is 0 Å². The van der Waals surface area contributed by atoms with Crippen molar-refractivity contribution in [2.75, 3.05) is 49.1 Å². The van der Waals surface area contributed by atoms with E-state index in [-0.39, 0.29) is 11.6 Å². The fourth-order valence-corrected chi connectivity index (χ4v) is 4.94. The summed E-state index contributed by atoms with van der Waals surface area (Å²) in [5, 5.41) is 12.4. The molecule has 1 fully saturated rings. The fraction of sp³-hybridized carbons (Fsp3) is 0.333. The first kappa shape index (κ1) is 21.5. The summed E-state index contributed by atoms with van der Waals surface area (Å²) in [5.41, 5.74) is 1.46. The third-order valence-corrected chi connectivity index (χ3v) is 6.63. The highest BCUT2D eigenvalue weighted by Gasteiger charge is 2.26. The number of benzene rings is 2. The molecule has 0 spiro atoms. The van der Waals surface area contributed by atoms with Crippen molar-refractivity contribution in [3.8, 4) is 0 Å². The van der Waals surface area contributed by atoms with Gasteiger partial charge in [0.15, 0.2) is 5.13 Å². The zero-order valence-electron chi connectivity index (χ0n) is 17.0. The molecule has 1 aliphatic heterocycles. The smallest absolute Gasteiger partial charge is 0.294 e. The molecule has 162 valence electrons. The van der Waals surface area contributed by atoms with Gasteiger partial charge in [0.1, 0.15) is 5.69 Å². The number of thiazole rings is 1. The topological polar surface area (TPSA) is 82.8 Å². The largest absolute Gasteiger partial charge is 0.363 e. The lowest BCUT2D eigenvalue weighted by Crippen LogP contribution is -2.50. The van der Waals surface area contributed by atoms with Gasteiger partial charge < -0.3 is 4.90 Å². The van der Waals surface area contributed by atoms with Gasteiger partial charge in [-0.15, -0.1) is 0 Å². The number of hydrogen-bond acceptors (Lipinski definition) is 7. The molecule has 31 heavy (non-hydrogen) atoms. The van der Waals surface area contributed by atoms with Crippen molar-refractivity contribution < 1.29 is 9.72 Å². The minimum absolute atomic E-state index is 0.00465. The number of nitrogens with zero attached hydrogens (tertiary/aromatic N) is 5. The van der Waals surface area contributed by atoms with Gasteiger partial charge in [-0.25, -0.2) is 4.98 Å². The number of nitro groups is 1. The number of piperazine rings is 1. The van der Waals surface area contributed by atoms with E-state index in [2.05, 4.69) is 9.88 Å². The van der Waals surface area contributed by atoms with Gasteiger partial charge in [-0.2, -0.15) is 0 Å². The Morgan fingerprint density at radius 2 is 1.97 bits per heavy atom. The number of fused-ring (bicyclic) bond motifs is 1. The highest BCUT2D eigenvalue weighted by molar-refractivity contribution is 7.22. The summed E-state index contributed by atoms with van der Waals surface area (Å²) in [6.07, 6.45) is 0. The molecule has 0 atom stereocenters. The second kappa shape index (κ2) is 9.17.